The summed E-state index contributed by atoms with van der Waals surface area (Å²) < 4.78 is 5.24. The molecule has 1 aliphatic carbocycles. The third kappa shape index (κ3) is 4.84. The van der Waals surface area contributed by atoms with Gasteiger partial charge in [-0.25, -0.2) is 0 Å². The molecule has 0 aromatic heterocycles. The number of hydrogen-bond donors (Lipinski definition) is 3. The second-order valence-corrected chi connectivity index (χ2v) is 5.77. The molecule has 1 fully saturated rings. The number of benzene rings is 1. The molecule has 0 bridgehead atoms. The molecule has 4 N–H and O–H groups in total. The standard InChI is InChI=1S/C16H23N3O3.ClH/c1-11(20)18-13-7-6-12(10-14(13)22-2)19-15(21)16(17)8-4-3-5-9-16;/h6-7,10H,3-5,8-9,17H2,1-2H3,(H,18,20)(H,19,21);1H. The Kier molecular flexibility index (Phi) is 6.84. The van der Waals surface area contributed by atoms with E-state index in [2.05, 4.69) is 10.6 Å². The average Bonchev–Trinajstić information content (AvgIpc) is 2.49. The second-order valence-electron chi connectivity index (χ2n) is 5.77. The third-order valence-corrected chi connectivity index (χ3v) is 3.97. The number of rotatable bonds is 4. The molecule has 0 unspecified atom stereocenters. The summed E-state index contributed by atoms with van der Waals surface area (Å²) >= 11 is 0. The van der Waals surface area contributed by atoms with Crippen LogP contribution in [-0.2, 0) is 9.59 Å². The molecule has 6 nitrogen and oxygen atoms in total. The molecule has 7 heteroatoms. The SMILES string of the molecule is COc1cc(NC(=O)C2(N)CCCCC2)ccc1NC(C)=O.Cl. The maximum absolute atomic E-state index is 12.4. The van der Waals surface area contributed by atoms with Crippen molar-refractivity contribution in [2.45, 2.75) is 44.6 Å². The fourth-order valence-corrected chi connectivity index (χ4v) is 2.73. The Labute approximate surface area is 142 Å². The number of nitrogens with one attached hydrogen (secondary N) is 2. The van der Waals surface area contributed by atoms with Gasteiger partial charge in [0, 0.05) is 18.7 Å². The van der Waals surface area contributed by atoms with Crippen LogP contribution in [0.3, 0.4) is 0 Å². The van der Waals surface area contributed by atoms with Crippen LogP contribution < -0.4 is 21.1 Å². The minimum absolute atomic E-state index is 0. The lowest BCUT2D eigenvalue weighted by Gasteiger charge is -2.31. The van der Waals surface area contributed by atoms with Crippen molar-refractivity contribution in [1.29, 1.82) is 0 Å². The molecule has 1 aliphatic rings. The quantitative estimate of drug-likeness (QED) is 0.784. The van der Waals surface area contributed by atoms with Crippen LogP contribution in [0.15, 0.2) is 18.2 Å². The smallest absolute Gasteiger partial charge is 0.244 e. The maximum Gasteiger partial charge on any atom is 0.244 e. The van der Waals surface area contributed by atoms with E-state index >= 15 is 0 Å². The highest BCUT2D eigenvalue weighted by molar-refractivity contribution is 5.99. The van der Waals surface area contributed by atoms with Crippen molar-refractivity contribution in [1.82, 2.24) is 0 Å². The zero-order chi connectivity index (χ0) is 16.2. The first kappa shape index (κ1) is 19.3. The van der Waals surface area contributed by atoms with E-state index in [1.807, 2.05) is 0 Å². The predicted molar refractivity (Wildman–Crippen MR) is 93.2 cm³/mol. The zero-order valence-corrected chi connectivity index (χ0v) is 14.3. The van der Waals surface area contributed by atoms with Crippen LogP contribution >= 0.6 is 12.4 Å². The third-order valence-electron chi connectivity index (χ3n) is 3.97. The van der Waals surface area contributed by atoms with E-state index in [1.54, 1.807) is 18.2 Å². The summed E-state index contributed by atoms with van der Waals surface area (Å²) in [6, 6.07) is 5.09. The van der Waals surface area contributed by atoms with Gasteiger partial charge in [-0.2, -0.15) is 0 Å². The van der Waals surface area contributed by atoms with Crippen molar-refractivity contribution in [3.63, 3.8) is 0 Å². The first-order valence-corrected chi connectivity index (χ1v) is 7.50. The summed E-state index contributed by atoms with van der Waals surface area (Å²) in [7, 11) is 1.51. The number of anilines is 2. The molecule has 0 atom stereocenters. The van der Waals surface area contributed by atoms with Crippen LogP contribution in [0.1, 0.15) is 39.0 Å². The molecule has 2 amide bonds. The van der Waals surface area contributed by atoms with Crippen molar-refractivity contribution in [3.8, 4) is 5.75 Å². The molecule has 1 aromatic rings. The summed E-state index contributed by atoms with van der Waals surface area (Å²) in [6.07, 6.45) is 4.51. The van der Waals surface area contributed by atoms with Crippen molar-refractivity contribution < 1.29 is 14.3 Å². The van der Waals surface area contributed by atoms with E-state index in [0.29, 0.717) is 30.0 Å². The van der Waals surface area contributed by atoms with Crippen molar-refractivity contribution in [3.05, 3.63) is 18.2 Å². The van der Waals surface area contributed by atoms with Gasteiger partial charge in [0.15, 0.2) is 0 Å². The molecule has 0 heterocycles. The Morgan fingerprint density at radius 1 is 1.17 bits per heavy atom. The van der Waals surface area contributed by atoms with Crippen LogP contribution in [0.4, 0.5) is 11.4 Å². The molecule has 1 saturated carbocycles. The number of carbonyl (C=O) groups is 2. The van der Waals surface area contributed by atoms with Gasteiger partial charge in [-0.1, -0.05) is 19.3 Å². The Bertz CT molecular complexity index is 572. The van der Waals surface area contributed by atoms with Gasteiger partial charge < -0.3 is 21.1 Å². The van der Waals surface area contributed by atoms with Gasteiger partial charge in [0.1, 0.15) is 5.75 Å². The van der Waals surface area contributed by atoms with Crippen LogP contribution in [0.2, 0.25) is 0 Å². The first-order chi connectivity index (χ1) is 10.4. The van der Waals surface area contributed by atoms with Gasteiger partial charge in [0.25, 0.3) is 0 Å². The van der Waals surface area contributed by atoms with Crippen molar-refractivity contribution in [2.24, 2.45) is 5.73 Å². The summed E-state index contributed by atoms with van der Waals surface area (Å²) in [4.78, 5) is 23.5. The lowest BCUT2D eigenvalue weighted by Crippen LogP contribution is -2.52. The van der Waals surface area contributed by atoms with E-state index in [1.165, 1.54) is 14.0 Å². The van der Waals surface area contributed by atoms with Gasteiger partial charge in [0.2, 0.25) is 11.8 Å². The second kappa shape index (κ2) is 8.17. The van der Waals surface area contributed by atoms with Gasteiger partial charge in [-0.3, -0.25) is 9.59 Å². The predicted octanol–water partition coefficient (Wildman–Crippen LogP) is 2.68. The summed E-state index contributed by atoms with van der Waals surface area (Å²) in [6.45, 7) is 1.43. The summed E-state index contributed by atoms with van der Waals surface area (Å²) in [5.41, 5.74) is 6.59. The molecule has 23 heavy (non-hydrogen) atoms. The lowest BCUT2D eigenvalue weighted by molar-refractivity contribution is -0.122. The monoisotopic (exact) mass is 341 g/mol. The minimum atomic E-state index is -0.790. The number of carbonyl (C=O) groups excluding carboxylic acids is 2. The van der Waals surface area contributed by atoms with Gasteiger partial charge >= 0.3 is 0 Å². The van der Waals surface area contributed by atoms with Gasteiger partial charge in [0.05, 0.1) is 18.3 Å². The Morgan fingerprint density at radius 3 is 2.39 bits per heavy atom. The molecule has 0 radical (unpaired) electrons. The van der Waals surface area contributed by atoms with Crippen LogP contribution in [0, 0.1) is 0 Å². The number of methoxy groups -OCH3 is 1. The van der Waals surface area contributed by atoms with E-state index in [9.17, 15) is 9.59 Å². The van der Waals surface area contributed by atoms with E-state index in [-0.39, 0.29) is 24.2 Å². The zero-order valence-electron chi connectivity index (χ0n) is 13.5. The Balaban J connectivity index is 0.00000264. The molecule has 1 aromatic carbocycles. The van der Waals surface area contributed by atoms with Crippen LogP contribution in [0.25, 0.3) is 0 Å². The normalized spacial score (nSPS) is 16.0. The molecular weight excluding hydrogens is 318 g/mol. The Morgan fingerprint density at radius 2 is 1.83 bits per heavy atom. The molecule has 128 valence electrons. The highest BCUT2D eigenvalue weighted by Gasteiger charge is 2.35. The van der Waals surface area contributed by atoms with Crippen LogP contribution in [0.5, 0.6) is 5.75 Å². The fourth-order valence-electron chi connectivity index (χ4n) is 2.73. The van der Waals surface area contributed by atoms with E-state index < -0.39 is 5.54 Å². The highest BCUT2D eigenvalue weighted by atomic mass is 35.5. The van der Waals surface area contributed by atoms with Gasteiger partial charge in [-0.05, 0) is 25.0 Å². The van der Waals surface area contributed by atoms with Gasteiger partial charge in [-0.15, -0.1) is 12.4 Å². The van der Waals surface area contributed by atoms with Crippen molar-refractivity contribution in [2.75, 3.05) is 17.7 Å². The lowest BCUT2D eigenvalue weighted by atomic mass is 9.82. The topological polar surface area (TPSA) is 93.4 Å². The van der Waals surface area contributed by atoms with E-state index in [4.69, 9.17) is 10.5 Å². The minimum Gasteiger partial charge on any atom is -0.494 e. The van der Waals surface area contributed by atoms with E-state index in [0.717, 1.165) is 19.3 Å². The number of hydrogen-bond acceptors (Lipinski definition) is 4. The number of ether oxygens (including phenoxy) is 1. The fraction of sp³-hybridized carbons (Fsp3) is 0.500. The largest absolute Gasteiger partial charge is 0.494 e. The number of amides is 2. The summed E-state index contributed by atoms with van der Waals surface area (Å²) in [5, 5.41) is 5.53. The molecule has 0 saturated heterocycles. The Hall–Kier alpha value is -1.79. The number of nitrogens with two attached hydrogens (primary N) is 1. The molecule has 2 rings (SSSR count). The van der Waals surface area contributed by atoms with Crippen LogP contribution in [-0.4, -0.2) is 24.5 Å². The molecule has 0 spiro atoms. The first-order valence-electron chi connectivity index (χ1n) is 7.50. The highest BCUT2D eigenvalue weighted by Crippen LogP contribution is 2.30. The van der Waals surface area contributed by atoms with Crippen molar-refractivity contribution >= 4 is 35.6 Å². The molecular formula is C16H24ClN3O3. The summed E-state index contributed by atoms with van der Waals surface area (Å²) in [5.74, 6) is 0.141. The average molecular weight is 342 g/mol. The molecule has 0 aliphatic heterocycles. The maximum atomic E-state index is 12.4. The number of halogens is 1.